The Morgan fingerprint density at radius 3 is 2.63 bits per heavy atom. The minimum absolute atomic E-state index is 0.0815. The Morgan fingerprint density at radius 2 is 2.00 bits per heavy atom. The molecule has 0 amide bonds. The molecule has 0 saturated heterocycles. The smallest absolute Gasteiger partial charge is 0.154 e. The van der Waals surface area contributed by atoms with Gasteiger partial charge in [0.25, 0.3) is 0 Å². The van der Waals surface area contributed by atoms with Crippen molar-refractivity contribution >= 4 is 20.8 Å². The fourth-order valence-electron chi connectivity index (χ4n) is 1.94. The van der Waals surface area contributed by atoms with Crippen LogP contribution < -0.4 is 5.73 Å². The second-order valence-corrected chi connectivity index (χ2v) is 7.31. The van der Waals surface area contributed by atoms with Crippen LogP contribution in [-0.4, -0.2) is 19.4 Å². The quantitative estimate of drug-likeness (QED) is 0.914. The molecule has 2 unspecified atom stereocenters. The molecule has 0 aliphatic carbocycles. The van der Waals surface area contributed by atoms with Gasteiger partial charge in [0.05, 0.1) is 17.0 Å². The molecule has 2 N–H and O–H groups in total. The highest BCUT2D eigenvalue weighted by molar-refractivity contribution is 7.92. The first-order valence-corrected chi connectivity index (χ1v) is 8.11. The van der Waals surface area contributed by atoms with Crippen LogP contribution in [0.25, 0.3) is 11.0 Å². The average molecular weight is 281 g/mol. The SMILES string of the molecule is CCC(C)S(=O)(=O)CC(N)c1cc2ccccc2o1. The van der Waals surface area contributed by atoms with Crippen LogP contribution in [-0.2, 0) is 9.84 Å². The van der Waals surface area contributed by atoms with Crippen LogP contribution >= 0.6 is 0 Å². The second kappa shape index (κ2) is 5.35. The standard InChI is InChI=1S/C14H19NO3S/c1-3-10(2)19(16,17)9-12(15)14-8-11-6-4-5-7-13(11)18-14/h4-8,10,12H,3,9,15H2,1-2H3. The molecule has 5 heteroatoms. The molecule has 0 radical (unpaired) electrons. The summed E-state index contributed by atoms with van der Waals surface area (Å²) in [6.07, 6.45) is 0.592. The Labute approximate surface area is 113 Å². The number of nitrogens with two attached hydrogens (primary N) is 1. The molecule has 2 atom stereocenters. The molecule has 0 spiro atoms. The highest BCUT2D eigenvalue weighted by Crippen LogP contribution is 2.24. The van der Waals surface area contributed by atoms with E-state index in [2.05, 4.69) is 0 Å². The Kier molecular flexibility index (Phi) is 3.96. The summed E-state index contributed by atoms with van der Waals surface area (Å²) in [6, 6.07) is 8.73. The minimum atomic E-state index is -3.18. The molecule has 2 aromatic rings. The molecular weight excluding hydrogens is 262 g/mol. The molecule has 0 aliphatic rings. The molecule has 104 valence electrons. The summed E-state index contributed by atoms with van der Waals surface area (Å²) in [4.78, 5) is 0. The van der Waals surface area contributed by atoms with Gasteiger partial charge in [-0.25, -0.2) is 8.42 Å². The predicted octanol–water partition coefficient (Wildman–Crippen LogP) is 2.65. The summed E-state index contributed by atoms with van der Waals surface area (Å²) in [5, 5.41) is 0.566. The molecule has 0 aliphatic heterocycles. The highest BCUT2D eigenvalue weighted by atomic mass is 32.2. The highest BCUT2D eigenvalue weighted by Gasteiger charge is 2.24. The minimum Gasteiger partial charge on any atom is -0.459 e. The van der Waals surface area contributed by atoms with Gasteiger partial charge in [-0.3, -0.25) is 0 Å². The normalized spacial score (nSPS) is 15.5. The lowest BCUT2D eigenvalue weighted by Crippen LogP contribution is -2.27. The Hall–Kier alpha value is -1.33. The maximum Gasteiger partial charge on any atom is 0.154 e. The number of hydrogen-bond acceptors (Lipinski definition) is 4. The summed E-state index contributed by atoms with van der Waals surface area (Å²) in [5.74, 6) is 0.440. The first kappa shape index (κ1) is 14.1. The van der Waals surface area contributed by atoms with Crippen molar-refractivity contribution in [2.24, 2.45) is 5.73 Å². The number of rotatable bonds is 5. The molecule has 0 saturated carbocycles. The van der Waals surface area contributed by atoms with E-state index in [9.17, 15) is 8.42 Å². The predicted molar refractivity (Wildman–Crippen MR) is 76.7 cm³/mol. The van der Waals surface area contributed by atoms with Gasteiger partial charge in [-0.05, 0) is 25.5 Å². The largest absolute Gasteiger partial charge is 0.459 e. The van der Waals surface area contributed by atoms with Crippen molar-refractivity contribution in [3.05, 3.63) is 36.1 Å². The number of furan rings is 1. The van der Waals surface area contributed by atoms with E-state index in [1.165, 1.54) is 0 Å². The number of fused-ring (bicyclic) bond motifs is 1. The molecular formula is C14H19NO3S. The molecule has 0 fully saturated rings. The lowest BCUT2D eigenvalue weighted by atomic mass is 10.2. The third-order valence-electron chi connectivity index (χ3n) is 3.41. The summed E-state index contributed by atoms with van der Waals surface area (Å²) < 4.78 is 29.7. The van der Waals surface area contributed by atoms with E-state index < -0.39 is 15.9 Å². The number of para-hydroxylation sites is 1. The fraction of sp³-hybridized carbons (Fsp3) is 0.429. The van der Waals surface area contributed by atoms with Crippen molar-refractivity contribution in [2.75, 3.05) is 5.75 Å². The van der Waals surface area contributed by atoms with Gasteiger partial charge in [-0.1, -0.05) is 25.1 Å². The molecule has 0 bridgehead atoms. The summed E-state index contributed by atoms with van der Waals surface area (Å²) in [7, 11) is -3.18. The van der Waals surface area contributed by atoms with Gasteiger partial charge < -0.3 is 10.2 Å². The van der Waals surface area contributed by atoms with Crippen LogP contribution in [0.5, 0.6) is 0 Å². The first-order chi connectivity index (χ1) is 8.94. The number of hydrogen-bond donors (Lipinski definition) is 1. The van der Waals surface area contributed by atoms with Crippen molar-refractivity contribution in [1.82, 2.24) is 0 Å². The topological polar surface area (TPSA) is 73.3 Å². The molecule has 1 aromatic carbocycles. The maximum atomic E-state index is 12.0. The zero-order valence-electron chi connectivity index (χ0n) is 11.2. The van der Waals surface area contributed by atoms with Crippen molar-refractivity contribution in [3.8, 4) is 0 Å². The van der Waals surface area contributed by atoms with Crippen LogP contribution in [0.4, 0.5) is 0 Å². The van der Waals surface area contributed by atoms with E-state index in [-0.39, 0.29) is 11.0 Å². The van der Waals surface area contributed by atoms with Crippen molar-refractivity contribution in [2.45, 2.75) is 31.6 Å². The zero-order valence-corrected chi connectivity index (χ0v) is 12.0. The van der Waals surface area contributed by atoms with Crippen molar-refractivity contribution < 1.29 is 12.8 Å². The Balaban J connectivity index is 2.22. The van der Waals surface area contributed by atoms with E-state index in [0.717, 1.165) is 11.0 Å². The first-order valence-electron chi connectivity index (χ1n) is 6.39. The summed E-state index contributed by atoms with van der Waals surface area (Å²) >= 11 is 0. The number of sulfone groups is 1. The van der Waals surface area contributed by atoms with Crippen LogP contribution in [0.2, 0.25) is 0 Å². The summed E-state index contributed by atoms with van der Waals surface area (Å²) in [6.45, 7) is 3.57. The van der Waals surface area contributed by atoms with Gasteiger partial charge in [0.15, 0.2) is 9.84 Å². The van der Waals surface area contributed by atoms with E-state index in [1.54, 1.807) is 6.92 Å². The maximum absolute atomic E-state index is 12.0. The van der Waals surface area contributed by atoms with E-state index in [1.807, 2.05) is 37.3 Å². The van der Waals surface area contributed by atoms with Gasteiger partial charge in [0.1, 0.15) is 11.3 Å². The Bertz CT molecular complexity index is 627. The lowest BCUT2D eigenvalue weighted by Gasteiger charge is -2.13. The molecule has 4 nitrogen and oxygen atoms in total. The van der Waals surface area contributed by atoms with Crippen LogP contribution in [0.1, 0.15) is 32.1 Å². The molecule has 2 rings (SSSR count). The van der Waals surface area contributed by atoms with Crippen molar-refractivity contribution in [3.63, 3.8) is 0 Å². The van der Waals surface area contributed by atoms with E-state index >= 15 is 0 Å². The monoisotopic (exact) mass is 281 g/mol. The van der Waals surface area contributed by atoms with Gasteiger partial charge in [0, 0.05) is 5.39 Å². The van der Waals surface area contributed by atoms with E-state index in [0.29, 0.717) is 12.2 Å². The summed E-state index contributed by atoms with van der Waals surface area (Å²) in [5.41, 5.74) is 6.70. The third kappa shape index (κ3) is 2.98. The van der Waals surface area contributed by atoms with Gasteiger partial charge in [-0.15, -0.1) is 0 Å². The number of benzene rings is 1. The van der Waals surface area contributed by atoms with Gasteiger partial charge >= 0.3 is 0 Å². The molecule has 19 heavy (non-hydrogen) atoms. The van der Waals surface area contributed by atoms with Crippen LogP contribution in [0.3, 0.4) is 0 Å². The fourth-order valence-corrected chi connectivity index (χ4v) is 3.44. The lowest BCUT2D eigenvalue weighted by molar-refractivity contribution is 0.505. The molecule has 1 aromatic heterocycles. The third-order valence-corrected chi connectivity index (χ3v) is 5.79. The van der Waals surface area contributed by atoms with Crippen molar-refractivity contribution in [1.29, 1.82) is 0 Å². The Morgan fingerprint density at radius 1 is 1.32 bits per heavy atom. The average Bonchev–Trinajstić information content (AvgIpc) is 2.81. The van der Waals surface area contributed by atoms with E-state index in [4.69, 9.17) is 10.2 Å². The zero-order chi connectivity index (χ0) is 14.0. The second-order valence-electron chi connectivity index (χ2n) is 4.84. The van der Waals surface area contributed by atoms with Gasteiger partial charge in [-0.2, -0.15) is 0 Å². The van der Waals surface area contributed by atoms with Crippen LogP contribution in [0, 0.1) is 0 Å². The van der Waals surface area contributed by atoms with Gasteiger partial charge in [0.2, 0.25) is 0 Å². The molecule has 1 heterocycles. The van der Waals surface area contributed by atoms with Crippen LogP contribution in [0.15, 0.2) is 34.7 Å².